The molecule has 3 rings (SSSR count). The number of aromatic hydroxyl groups is 1. The van der Waals surface area contributed by atoms with Gasteiger partial charge in [-0.1, -0.05) is 6.07 Å². The quantitative estimate of drug-likeness (QED) is 0.576. The summed E-state index contributed by atoms with van der Waals surface area (Å²) in [5.41, 5.74) is 0.897. The molecular formula is C14H12BNO7S. The summed E-state index contributed by atoms with van der Waals surface area (Å²) in [6.07, 6.45) is 0. The van der Waals surface area contributed by atoms with Crippen molar-refractivity contribution in [2.75, 3.05) is 4.72 Å². The first-order valence-electron chi connectivity index (χ1n) is 6.79. The Labute approximate surface area is 137 Å². The van der Waals surface area contributed by atoms with Crippen LogP contribution in [0.3, 0.4) is 0 Å². The van der Waals surface area contributed by atoms with Gasteiger partial charge in [0.15, 0.2) is 0 Å². The van der Waals surface area contributed by atoms with Crippen molar-refractivity contribution in [3.05, 3.63) is 47.5 Å². The minimum absolute atomic E-state index is 0.197. The lowest BCUT2D eigenvalue weighted by Gasteiger charge is -2.10. The number of sulfonamides is 1. The highest BCUT2D eigenvalue weighted by Gasteiger charge is 2.28. The number of nitrogens with one attached hydrogen (secondary N) is 1. The molecule has 0 radical (unpaired) electrons. The number of phenols is 1. The molecule has 0 fully saturated rings. The number of anilines is 1. The molecule has 8 nitrogen and oxygen atoms in total. The van der Waals surface area contributed by atoms with Crippen molar-refractivity contribution in [1.29, 1.82) is 0 Å². The topological polar surface area (TPSA) is 133 Å². The molecule has 1 aliphatic rings. The van der Waals surface area contributed by atoms with Crippen LogP contribution in [-0.4, -0.2) is 36.7 Å². The smallest absolute Gasteiger partial charge is 0.491 e. The molecule has 0 aliphatic carbocycles. The first-order chi connectivity index (χ1) is 11.3. The van der Waals surface area contributed by atoms with Crippen molar-refractivity contribution in [3.63, 3.8) is 0 Å². The van der Waals surface area contributed by atoms with Crippen molar-refractivity contribution in [2.24, 2.45) is 0 Å². The van der Waals surface area contributed by atoms with Crippen LogP contribution in [-0.2, 0) is 21.3 Å². The van der Waals surface area contributed by atoms with E-state index in [-0.39, 0.29) is 17.2 Å². The predicted molar refractivity (Wildman–Crippen MR) is 84.7 cm³/mol. The summed E-state index contributed by atoms with van der Waals surface area (Å²) in [7, 11) is -5.18. The maximum absolute atomic E-state index is 12.4. The number of hydrogen-bond acceptors (Lipinski definition) is 6. The summed E-state index contributed by atoms with van der Waals surface area (Å²) in [4.78, 5) is 10.7. The van der Waals surface area contributed by atoms with Gasteiger partial charge in [-0.3, -0.25) is 4.72 Å². The number of benzene rings is 2. The Morgan fingerprint density at radius 1 is 1.21 bits per heavy atom. The monoisotopic (exact) mass is 349 g/mol. The van der Waals surface area contributed by atoms with Gasteiger partial charge in [-0.2, -0.15) is 0 Å². The van der Waals surface area contributed by atoms with Gasteiger partial charge in [0.25, 0.3) is 10.0 Å². The van der Waals surface area contributed by atoms with E-state index in [4.69, 9.17) is 9.76 Å². The van der Waals surface area contributed by atoms with Crippen molar-refractivity contribution < 1.29 is 33.1 Å². The third-order valence-electron chi connectivity index (χ3n) is 3.57. The normalized spacial score (nSPS) is 13.6. The molecule has 10 heteroatoms. The Morgan fingerprint density at radius 2 is 1.96 bits per heavy atom. The van der Waals surface area contributed by atoms with Crippen LogP contribution in [0.25, 0.3) is 0 Å². The second-order valence-electron chi connectivity index (χ2n) is 5.17. The predicted octanol–water partition coefficient (Wildman–Crippen LogP) is 0.109. The van der Waals surface area contributed by atoms with E-state index in [1.165, 1.54) is 12.1 Å². The summed E-state index contributed by atoms with van der Waals surface area (Å²) < 4.78 is 32.1. The molecule has 0 saturated heterocycles. The van der Waals surface area contributed by atoms with Crippen LogP contribution < -0.4 is 10.2 Å². The number of rotatable bonds is 4. The Kier molecular flexibility index (Phi) is 3.95. The van der Waals surface area contributed by atoms with Gasteiger partial charge in [0.1, 0.15) is 11.3 Å². The zero-order valence-electron chi connectivity index (χ0n) is 12.1. The highest BCUT2D eigenvalue weighted by Crippen LogP contribution is 2.23. The van der Waals surface area contributed by atoms with E-state index in [9.17, 15) is 23.3 Å². The van der Waals surface area contributed by atoms with E-state index < -0.39 is 34.4 Å². The standard InChI is InChI=1S/C14H12BNO7S/c17-13-4-3-10(6-11(13)14(18)19)24(21,22)16-9-2-1-8-7-23-15(20)12(8)5-9/h1-6,16-17,20H,7H2,(H,18,19). The Bertz CT molecular complexity index is 929. The van der Waals surface area contributed by atoms with Crippen LogP contribution in [0, 0.1) is 0 Å². The van der Waals surface area contributed by atoms with Gasteiger partial charge in [0, 0.05) is 5.69 Å². The zero-order valence-corrected chi connectivity index (χ0v) is 12.9. The van der Waals surface area contributed by atoms with E-state index >= 15 is 0 Å². The first-order valence-corrected chi connectivity index (χ1v) is 8.28. The number of carboxylic acid groups (broad SMARTS) is 1. The van der Waals surface area contributed by atoms with Crippen LogP contribution in [0.15, 0.2) is 41.3 Å². The molecule has 124 valence electrons. The molecule has 0 bridgehead atoms. The molecule has 0 aromatic heterocycles. The molecule has 0 spiro atoms. The molecule has 24 heavy (non-hydrogen) atoms. The highest BCUT2D eigenvalue weighted by molar-refractivity contribution is 7.92. The van der Waals surface area contributed by atoms with Gasteiger partial charge >= 0.3 is 13.1 Å². The maximum Gasteiger partial charge on any atom is 0.491 e. The van der Waals surface area contributed by atoms with Crippen LogP contribution in [0.5, 0.6) is 5.75 Å². The lowest BCUT2D eigenvalue weighted by Crippen LogP contribution is -2.28. The van der Waals surface area contributed by atoms with E-state index in [1.54, 1.807) is 6.07 Å². The van der Waals surface area contributed by atoms with Crippen molar-refractivity contribution in [1.82, 2.24) is 0 Å². The number of fused-ring (bicyclic) bond motifs is 1. The molecule has 4 N–H and O–H groups in total. The van der Waals surface area contributed by atoms with E-state index in [2.05, 4.69) is 4.72 Å². The minimum Gasteiger partial charge on any atom is -0.507 e. The third-order valence-corrected chi connectivity index (χ3v) is 4.95. The Balaban J connectivity index is 1.94. The number of carboxylic acids is 1. The van der Waals surface area contributed by atoms with Gasteiger partial charge in [-0.15, -0.1) is 0 Å². The number of hydrogen-bond donors (Lipinski definition) is 4. The Morgan fingerprint density at radius 3 is 2.67 bits per heavy atom. The van der Waals surface area contributed by atoms with Crippen molar-refractivity contribution >= 4 is 34.3 Å². The average Bonchev–Trinajstić information content (AvgIpc) is 2.88. The summed E-state index contributed by atoms with van der Waals surface area (Å²) in [6.45, 7) is 0.240. The van der Waals surface area contributed by atoms with E-state index in [0.717, 1.165) is 23.8 Å². The minimum atomic E-state index is -4.07. The summed E-state index contributed by atoms with van der Waals surface area (Å²) in [5.74, 6) is -1.97. The summed E-state index contributed by atoms with van der Waals surface area (Å²) >= 11 is 0. The fraction of sp³-hybridized carbons (Fsp3) is 0.0714. The van der Waals surface area contributed by atoms with Crippen LogP contribution in [0.4, 0.5) is 5.69 Å². The SMILES string of the molecule is O=C(O)c1cc(S(=O)(=O)Nc2ccc3c(c2)B(O)OC3)ccc1O. The molecule has 0 unspecified atom stereocenters. The lowest BCUT2D eigenvalue weighted by molar-refractivity contribution is 0.0693. The van der Waals surface area contributed by atoms with Gasteiger partial charge in [-0.25, -0.2) is 13.2 Å². The third kappa shape index (κ3) is 2.94. The molecule has 0 atom stereocenters. The number of carbonyl (C=O) groups is 1. The number of aromatic carboxylic acids is 1. The van der Waals surface area contributed by atoms with Gasteiger partial charge in [0.2, 0.25) is 0 Å². The zero-order chi connectivity index (χ0) is 17.5. The second-order valence-corrected chi connectivity index (χ2v) is 6.85. The van der Waals surface area contributed by atoms with Crippen molar-refractivity contribution in [2.45, 2.75) is 11.5 Å². The van der Waals surface area contributed by atoms with Crippen LogP contribution >= 0.6 is 0 Å². The molecule has 1 aliphatic heterocycles. The van der Waals surface area contributed by atoms with Gasteiger partial charge < -0.3 is 19.9 Å². The summed E-state index contributed by atoms with van der Waals surface area (Å²) in [6, 6.07) is 7.54. The molecule has 0 saturated carbocycles. The fourth-order valence-corrected chi connectivity index (χ4v) is 3.42. The van der Waals surface area contributed by atoms with E-state index in [0.29, 0.717) is 5.46 Å². The van der Waals surface area contributed by atoms with Crippen LogP contribution in [0.2, 0.25) is 0 Å². The van der Waals surface area contributed by atoms with E-state index in [1.807, 2.05) is 0 Å². The van der Waals surface area contributed by atoms with Crippen LogP contribution in [0.1, 0.15) is 15.9 Å². The summed E-state index contributed by atoms with van der Waals surface area (Å²) in [5, 5.41) is 28.1. The molecular weight excluding hydrogens is 337 g/mol. The van der Waals surface area contributed by atoms with Crippen molar-refractivity contribution in [3.8, 4) is 5.75 Å². The first kappa shape index (κ1) is 16.3. The molecule has 2 aromatic rings. The average molecular weight is 349 g/mol. The van der Waals surface area contributed by atoms with Gasteiger partial charge in [-0.05, 0) is 41.4 Å². The molecule has 2 aromatic carbocycles. The second kappa shape index (κ2) is 5.82. The fourth-order valence-electron chi connectivity index (χ4n) is 2.35. The Hall–Kier alpha value is -2.56. The largest absolute Gasteiger partial charge is 0.507 e. The van der Waals surface area contributed by atoms with Gasteiger partial charge in [0.05, 0.1) is 11.5 Å². The molecule has 1 heterocycles. The lowest BCUT2D eigenvalue weighted by atomic mass is 9.79. The molecule has 0 amide bonds. The highest BCUT2D eigenvalue weighted by atomic mass is 32.2. The maximum atomic E-state index is 12.4.